The van der Waals surface area contributed by atoms with E-state index in [0.717, 1.165) is 10.2 Å². The van der Waals surface area contributed by atoms with Gasteiger partial charge in [-0.25, -0.2) is 0 Å². The Labute approximate surface area is 153 Å². The third-order valence-electron chi connectivity index (χ3n) is 4.44. The smallest absolute Gasteiger partial charge is 0.278 e. The van der Waals surface area contributed by atoms with E-state index >= 15 is 0 Å². The number of nitrogens with zero attached hydrogens (tertiary/aromatic N) is 4. The number of hydrogen-bond donors (Lipinski definition) is 0. The highest BCUT2D eigenvalue weighted by molar-refractivity contribution is 6.06. The maximum absolute atomic E-state index is 13.0. The predicted octanol–water partition coefficient (Wildman–Crippen LogP) is 2.34. The van der Waals surface area contributed by atoms with E-state index in [0.29, 0.717) is 24.3 Å². The molecule has 1 aromatic heterocycles. The average molecular weight is 362 g/mol. The van der Waals surface area contributed by atoms with Crippen LogP contribution in [0.5, 0.6) is 0 Å². The summed E-state index contributed by atoms with van der Waals surface area (Å²) in [5.41, 5.74) is 1.59. The number of carbonyl (C=O) groups excluding carboxylic acids is 1. The molecule has 8 heteroatoms. The fourth-order valence-corrected chi connectivity index (χ4v) is 3.11. The lowest BCUT2D eigenvalue weighted by Crippen LogP contribution is -2.32. The summed E-state index contributed by atoms with van der Waals surface area (Å²) in [4.78, 5) is 37.1. The van der Waals surface area contributed by atoms with Crippen LogP contribution in [0.2, 0.25) is 0 Å². The lowest BCUT2D eigenvalue weighted by atomic mass is 10.1. The van der Waals surface area contributed by atoms with Gasteiger partial charge >= 0.3 is 0 Å². The Balaban J connectivity index is 1.73. The van der Waals surface area contributed by atoms with Crippen molar-refractivity contribution in [3.8, 4) is 5.69 Å². The lowest BCUT2D eigenvalue weighted by Gasteiger charge is -2.17. The van der Waals surface area contributed by atoms with Crippen molar-refractivity contribution in [3.63, 3.8) is 0 Å². The van der Waals surface area contributed by atoms with Crippen LogP contribution in [0.15, 0.2) is 65.5 Å². The molecule has 0 aliphatic carbocycles. The van der Waals surface area contributed by atoms with E-state index in [2.05, 4.69) is 5.10 Å². The third kappa shape index (κ3) is 2.97. The van der Waals surface area contributed by atoms with Gasteiger partial charge in [-0.1, -0.05) is 24.3 Å². The van der Waals surface area contributed by atoms with Gasteiger partial charge in [0.1, 0.15) is 5.69 Å². The van der Waals surface area contributed by atoms with E-state index in [1.807, 2.05) is 6.07 Å². The Morgan fingerprint density at radius 2 is 1.85 bits per heavy atom. The van der Waals surface area contributed by atoms with Gasteiger partial charge < -0.3 is 4.90 Å². The fourth-order valence-electron chi connectivity index (χ4n) is 3.11. The molecule has 0 atom stereocenters. The summed E-state index contributed by atoms with van der Waals surface area (Å²) >= 11 is 0. The number of non-ortho nitro benzene ring substituents is 1. The Hall–Kier alpha value is -3.81. The highest BCUT2D eigenvalue weighted by Gasteiger charge is 2.28. The van der Waals surface area contributed by atoms with Crippen LogP contribution in [0.4, 0.5) is 11.4 Å². The molecule has 0 saturated heterocycles. The summed E-state index contributed by atoms with van der Waals surface area (Å²) in [5, 5.41) is 15.2. The van der Waals surface area contributed by atoms with E-state index in [9.17, 15) is 19.7 Å². The van der Waals surface area contributed by atoms with Crippen LogP contribution < -0.4 is 10.5 Å². The Morgan fingerprint density at radius 1 is 1.07 bits per heavy atom. The fraction of sp³-hybridized carbons (Fsp3) is 0.105. The van der Waals surface area contributed by atoms with Crippen LogP contribution in [-0.4, -0.2) is 27.2 Å². The van der Waals surface area contributed by atoms with Crippen molar-refractivity contribution in [3.05, 3.63) is 92.4 Å². The monoisotopic (exact) mass is 362 g/mol. The van der Waals surface area contributed by atoms with Crippen LogP contribution in [0.1, 0.15) is 16.1 Å². The predicted molar refractivity (Wildman–Crippen MR) is 98.3 cm³/mol. The van der Waals surface area contributed by atoms with Crippen molar-refractivity contribution in [2.24, 2.45) is 0 Å². The molecule has 4 rings (SSSR count). The van der Waals surface area contributed by atoms with Gasteiger partial charge in [0.15, 0.2) is 0 Å². The minimum absolute atomic E-state index is 0.0735. The van der Waals surface area contributed by atoms with E-state index < -0.39 is 10.8 Å². The molecule has 0 fully saturated rings. The van der Waals surface area contributed by atoms with Crippen molar-refractivity contribution in [2.45, 2.75) is 6.42 Å². The molecule has 2 heterocycles. The maximum atomic E-state index is 13.0. The molecule has 3 aromatic rings. The number of nitro groups is 1. The number of carbonyl (C=O) groups is 1. The van der Waals surface area contributed by atoms with Crippen molar-refractivity contribution < 1.29 is 9.72 Å². The topological polar surface area (TPSA) is 98.3 Å². The van der Waals surface area contributed by atoms with Gasteiger partial charge in [-0.2, -0.15) is 9.78 Å². The molecule has 0 unspecified atom stereocenters. The van der Waals surface area contributed by atoms with Crippen molar-refractivity contribution in [1.82, 2.24) is 9.78 Å². The number of aromatic nitrogens is 2. The quantitative estimate of drug-likeness (QED) is 0.526. The number of benzene rings is 2. The number of hydrogen-bond acceptors (Lipinski definition) is 5. The molecule has 0 bridgehead atoms. The molecule has 2 aromatic carbocycles. The first kappa shape index (κ1) is 16.6. The molecule has 27 heavy (non-hydrogen) atoms. The first-order valence-corrected chi connectivity index (χ1v) is 8.29. The van der Waals surface area contributed by atoms with E-state index in [1.165, 1.54) is 29.2 Å². The second-order valence-corrected chi connectivity index (χ2v) is 6.08. The summed E-state index contributed by atoms with van der Waals surface area (Å²) in [6.07, 6.45) is 0.609. The van der Waals surface area contributed by atoms with E-state index in [4.69, 9.17) is 0 Å². The normalized spacial score (nSPS) is 12.7. The summed E-state index contributed by atoms with van der Waals surface area (Å²) in [5.74, 6) is -0.404. The minimum Gasteiger partial charge on any atom is -0.306 e. The molecule has 1 amide bonds. The van der Waals surface area contributed by atoms with Gasteiger partial charge in [0.25, 0.3) is 17.2 Å². The Kier molecular flexibility index (Phi) is 4.00. The molecule has 0 N–H and O–H groups in total. The zero-order chi connectivity index (χ0) is 19.0. The van der Waals surface area contributed by atoms with E-state index in [-0.39, 0.29) is 16.9 Å². The average Bonchev–Trinajstić information content (AvgIpc) is 3.11. The minimum atomic E-state index is -0.491. The molecule has 0 saturated carbocycles. The van der Waals surface area contributed by atoms with Gasteiger partial charge in [0, 0.05) is 24.7 Å². The van der Waals surface area contributed by atoms with E-state index in [1.54, 1.807) is 30.3 Å². The van der Waals surface area contributed by atoms with Crippen molar-refractivity contribution in [1.29, 1.82) is 0 Å². The first-order valence-electron chi connectivity index (χ1n) is 8.29. The first-order chi connectivity index (χ1) is 13.0. The number of fused-ring (bicyclic) bond motifs is 1. The van der Waals surface area contributed by atoms with Crippen LogP contribution in [0.25, 0.3) is 5.69 Å². The summed E-state index contributed by atoms with van der Waals surface area (Å²) in [6, 6.07) is 16.0. The Bertz CT molecular complexity index is 1110. The zero-order valence-electron chi connectivity index (χ0n) is 14.1. The maximum Gasteiger partial charge on any atom is 0.278 e. The van der Waals surface area contributed by atoms with Gasteiger partial charge in [-0.15, -0.1) is 0 Å². The van der Waals surface area contributed by atoms with Gasteiger partial charge in [-0.05, 0) is 30.2 Å². The molecule has 1 aliphatic heterocycles. The highest BCUT2D eigenvalue weighted by atomic mass is 16.6. The van der Waals surface area contributed by atoms with Crippen LogP contribution in [-0.2, 0) is 6.42 Å². The van der Waals surface area contributed by atoms with Crippen molar-refractivity contribution in [2.75, 3.05) is 11.4 Å². The van der Waals surface area contributed by atoms with Gasteiger partial charge in [0.2, 0.25) is 0 Å². The standard InChI is InChI=1S/C19H14N4O4/c24-18-9-8-16(20-22(18)14-4-2-1-3-5-14)19(25)21-11-10-13-6-7-15(23(26)27)12-17(13)21/h1-9,12H,10-11H2. The second-order valence-electron chi connectivity index (χ2n) is 6.08. The number of nitro benzene ring substituents is 1. The van der Waals surface area contributed by atoms with Crippen LogP contribution >= 0.6 is 0 Å². The van der Waals surface area contributed by atoms with Crippen molar-refractivity contribution >= 4 is 17.3 Å². The molecular weight excluding hydrogens is 348 g/mol. The van der Waals surface area contributed by atoms with Gasteiger partial charge in [0.05, 0.1) is 16.3 Å². The zero-order valence-corrected chi connectivity index (χ0v) is 14.1. The second kappa shape index (κ2) is 6.49. The molecular formula is C19H14N4O4. The molecule has 134 valence electrons. The third-order valence-corrected chi connectivity index (χ3v) is 4.44. The summed E-state index contributed by atoms with van der Waals surface area (Å²) in [6.45, 7) is 0.404. The highest BCUT2D eigenvalue weighted by Crippen LogP contribution is 2.32. The molecule has 0 radical (unpaired) electrons. The largest absolute Gasteiger partial charge is 0.306 e. The SMILES string of the molecule is O=C(c1ccc(=O)n(-c2ccccc2)n1)N1CCc2ccc([N+](=O)[O-])cc21. The molecule has 1 aliphatic rings. The van der Waals surface area contributed by atoms with Crippen LogP contribution in [0, 0.1) is 10.1 Å². The number of anilines is 1. The summed E-state index contributed by atoms with van der Waals surface area (Å²) in [7, 11) is 0. The molecule has 0 spiro atoms. The Morgan fingerprint density at radius 3 is 2.59 bits per heavy atom. The molecule has 8 nitrogen and oxygen atoms in total. The summed E-state index contributed by atoms with van der Waals surface area (Å²) < 4.78 is 1.16. The lowest BCUT2D eigenvalue weighted by molar-refractivity contribution is -0.384. The number of amides is 1. The van der Waals surface area contributed by atoms with Gasteiger partial charge in [-0.3, -0.25) is 19.7 Å². The number of para-hydroxylation sites is 1. The number of rotatable bonds is 3. The van der Waals surface area contributed by atoms with Crippen LogP contribution in [0.3, 0.4) is 0 Å².